The first-order valence-electron chi connectivity index (χ1n) is 7.64. The van der Waals surface area contributed by atoms with Gasteiger partial charge in [0.05, 0.1) is 11.9 Å². The van der Waals surface area contributed by atoms with Crippen molar-refractivity contribution in [3.63, 3.8) is 0 Å². The molecule has 0 spiro atoms. The number of carbonyl (C=O) groups excluding carboxylic acids is 1. The van der Waals surface area contributed by atoms with Gasteiger partial charge in [-0.3, -0.25) is 4.79 Å². The van der Waals surface area contributed by atoms with Gasteiger partial charge in [-0.25, -0.2) is 0 Å². The number of fused-ring (bicyclic) bond motifs is 3. The zero-order chi connectivity index (χ0) is 15.6. The minimum absolute atomic E-state index is 0.0117. The molecule has 3 aromatic carbocycles. The highest BCUT2D eigenvalue weighted by atomic mass is 16.1. The summed E-state index contributed by atoms with van der Waals surface area (Å²) in [5.41, 5.74) is 3.96. The summed E-state index contributed by atoms with van der Waals surface area (Å²) in [6.07, 6.45) is 0.346. The lowest BCUT2D eigenvalue weighted by atomic mass is 10.1. The highest BCUT2D eigenvalue weighted by Crippen LogP contribution is 2.27. The molecule has 2 N–H and O–H groups in total. The Kier molecular flexibility index (Phi) is 3.31. The van der Waals surface area contributed by atoms with Crippen LogP contribution in [0.25, 0.3) is 21.8 Å². The summed E-state index contributed by atoms with van der Waals surface area (Å²) in [4.78, 5) is 15.8. The minimum Gasteiger partial charge on any atom is -0.354 e. The van der Waals surface area contributed by atoms with E-state index in [0.29, 0.717) is 6.42 Å². The monoisotopic (exact) mass is 300 g/mol. The molecule has 0 aliphatic heterocycles. The number of nitrogens with one attached hydrogen (secondary N) is 2. The Bertz CT molecular complexity index is 986. The van der Waals surface area contributed by atoms with Crippen LogP contribution in [0.15, 0.2) is 72.8 Å². The lowest BCUT2D eigenvalue weighted by Crippen LogP contribution is -2.14. The highest BCUT2D eigenvalue weighted by Gasteiger charge is 2.11. The van der Waals surface area contributed by atoms with E-state index in [0.717, 1.165) is 27.7 Å². The van der Waals surface area contributed by atoms with Crippen molar-refractivity contribution in [2.24, 2.45) is 0 Å². The zero-order valence-corrected chi connectivity index (χ0v) is 12.5. The van der Waals surface area contributed by atoms with Gasteiger partial charge in [0.2, 0.25) is 5.91 Å². The second-order valence-corrected chi connectivity index (χ2v) is 5.60. The SMILES string of the molecule is O=C(Cc1cccc2c1[nH]c1ccccc12)Nc1ccccc1. The molecule has 112 valence electrons. The van der Waals surface area contributed by atoms with Crippen LogP contribution in [0.3, 0.4) is 0 Å². The van der Waals surface area contributed by atoms with E-state index < -0.39 is 0 Å². The third-order valence-electron chi connectivity index (χ3n) is 4.04. The molecule has 0 saturated heterocycles. The number of hydrogen-bond donors (Lipinski definition) is 2. The van der Waals surface area contributed by atoms with Crippen LogP contribution in [-0.2, 0) is 11.2 Å². The van der Waals surface area contributed by atoms with E-state index in [1.54, 1.807) is 0 Å². The largest absolute Gasteiger partial charge is 0.354 e. The standard InChI is InChI=1S/C20H16N2O/c23-19(21-15-8-2-1-3-9-15)13-14-7-6-11-17-16-10-4-5-12-18(16)22-20(14)17/h1-12,22H,13H2,(H,21,23). The maximum absolute atomic E-state index is 12.3. The number of carbonyl (C=O) groups is 1. The van der Waals surface area contributed by atoms with E-state index in [9.17, 15) is 4.79 Å². The molecule has 0 saturated carbocycles. The fourth-order valence-corrected chi connectivity index (χ4v) is 2.98. The first kappa shape index (κ1) is 13.6. The second kappa shape index (κ2) is 5.61. The van der Waals surface area contributed by atoms with Crippen LogP contribution in [0.1, 0.15) is 5.56 Å². The first-order chi connectivity index (χ1) is 11.3. The molecule has 0 aliphatic rings. The molecular weight excluding hydrogens is 284 g/mol. The van der Waals surface area contributed by atoms with Crippen molar-refractivity contribution in [1.82, 2.24) is 4.98 Å². The lowest BCUT2D eigenvalue weighted by molar-refractivity contribution is -0.115. The Hall–Kier alpha value is -3.07. The molecule has 0 unspecified atom stereocenters. The van der Waals surface area contributed by atoms with Crippen molar-refractivity contribution >= 4 is 33.4 Å². The fourth-order valence-electron chi connectivity index (χ4n) is 2.98. The maximum Gasteiger partial charge on any atom is 0.228 e. The average Bonchev–Trinajstić information content (AvgIpc) is 2.96. The molecule has 1 aromatic heterocycles. The molecule has 3 heteroatoms. The number of amides is 1. The second-order valence-electron chi connectivity index (χ2n) is 5.60. The van der Waals surface area contributed by atoms with Crippen LogP contribution >= 0.6 is 0 Å². The molecule has 4 aromatic rings. The van der Waals surface area contributed by atoms with Crippen molar-refractivity contribution in [3.8, 4) is 0 Å². The Morgan fingerprint density at radius 3 is 2.43 bits per heavy atom. The highest BCUT2D eigenvalue weighted by molar-refractivity contribution is 6.09. The van der Waals surface area contributed by atoms with E-state index in [4.69, 9.17) is 0 Å². The van der Waals surface area contributed by atoms with Crippen molar-refractivity contribution in [2.45, 2.75) is 6.42 Å². The van der Waals surface area contributed by atoms with E-state index in [2.05, 4.69) is 28.5 Å². The summed E-state index contributed by atoms with van der Waals surface area (Å²) in [6.45, 7) is 0. The van der Waals surface area contributed by atoms with Crippen LogP contribution in [0.4, 0.5) is 5.69 Å². The number of aromatic amines is 1. The maximum atomic E-state index is 12.3. The lowest BCUT2D eigenvalue weighted by Gasteiger charge is -2.06. The number of hydrogen-bond acceptors (Lipinski definition) is 1. The topological polar surface area (TPSA) is 44.9 Å². The molecule has 0 atom stereocenters. The molecule has 23 heavy (non-hydrogen) atoms. The van der Waals surface area contributed by atoms with E-state index in [-0.39, 0.29) is 5.91 Å². The van der Waals surface area contributed by atoms with Gasteiger partial charge in [0.25, 0.3) is 0 Å². The number of anilines is 1. The predicted octanol–water partition coefficient (Wildman–Crippen LogP) is 4.50. The van der Waals surface area contributed by atoms with Gasteiger partial charge in [0, 0.05) is 22.0 Å². The molecule has 0 aliphatic carbocycles. The Morgan fingerprint density at radius 2 is 1.57 bits per heavy atom. The van der Waals surface area contributed by atoms with Crippen molar-refractivity contribution in [1.29, 1.82) is 0 Å². The number of aromatic nitrogens is 1. The van der Waals surface area contributed by atoms with Gasteiger partial charge in [-0.05, 0) is 23.8 Å². The van der Waals surface area contributed by atoms with Crippen molar-refractivity contribution in [2.75, 3.05) is 5.32 Å². The van der Waals surface area contributed by atoms with Crippen LogP contribution in [0.2, 0.25) is 0 Å². The van der Waals surface area contributed by atoms with Gasteiger partial charge in [-0.1, -0.05) is 54.6 Å². The zero-order valence-electron chi connectivity index (χ0n) is 12.5. The Balaban J connectivity index is 1.67. The number of para-hydroxylation sites is 3. The molecule has 0 bridgehead atoms. The molecule has 0 radical (unpaired) electrons. The van der Waals surface area contributed by atoms with Crippen LogP contribution in [0.5, 0.6) is 0 Å². The number of benzene rings is 3. The van der Waals surface area contributed by atoms with Crippen LogP contribution in [0, 0.1) is 0 Å². The van der Waals surface area contributed by atoms with Gasteiger partial charge in [0.1, 0.15) is 0 Å². The third kappa shape index (κ3) is 2.57. The van der Waals surface area contributed by atoms with E-state index >= 15 is 0 Å². The molecular formula is C20H16N2O. The third-order valence-corrected chi connectivity index (χ3v) is 4.04. The van der Waals surface area contributed by atoms with Crippen molar-refractivity contribution in [3.05, 3.63) is 78.4 Å². The summed E-state index contributed by atoms with van der Waals surface area (Å²) in [5, 5.41) is 5.28. The van der Waals surface area contributed by atoms with Crippen LogP contribution in [-0.4, -0.2) is 10.9 Å². The number of H-pyrrole nitrogens is 1. The summed E-state index contributed by atoms with van der Waals surface area (Å²) >= 11 is 0. The average molecular weight is 300 g/mol. The van der Waals surface area contributed by atoms with E-state index in [1.165, 1.54) is 5.39 Å². The van der Waals surface area contributed by atoms with E-state index in [1.807, 2.05) is 54.6 Å². The Morgan fingerprint density at radius 1 is 0.826 bits per heavy atom. The van der Waals surface area contributed by atoms with Crippen molar-refractivity contribution < 1.29 is 4.79 Å². The normalized spacial score (nSPS) is 11.0. The molecule has 1 heterocycles. The fraction of sp³-hybridized carbons (Fsp3) is 0.0500. The summed E-state index contributed by atoms with van der Waals surface area (Å²) in [7, 11) is 0. The summed E-state index contributed by atoms with van der Waals surface area (Å²) in [5.74, 6) is -0.0117. The minimum atomic E-state index is -0.0117. The predicted molar refractivity (Wildman–Crippen MR) is 94.6 cm³/mol. The van der Waals surface area contributed by atoms with Gasteiger partial charge in [-0.2, -0.15) is 0 Å². The van der Waals surface area contributed by atoms with Gasteiger partial charge >= 0.3 is 0 Å². The smallest absolute Gasteiger partial charge is 0.228 e. The molecule has 3 nitrogen and oxygen atoms in total. The quantitative estimate of drug-likeness (QED) is 0.575. The van der Waals surface area contributed by atoms with Gasteiger partial charge < -0.3 is 10.3 Å². The van der Waals surface area contributed by atoms with Crippen LogP contribution < -0.4 is 5.32 Å². The number of rotatable bonds is 3. The summed E-state index contributed by atoms with van der Waals surface area (Å²) < 4.78 is 0. The molecule has 4 rings (SSSR count). The molecule has 1 amide bonds. The van der Waals surface area contributed by atoms with Gasteiger partial charge in [0.15, 0.2) is 0 Å². The Labute approximate surface area is 134 Å². The summed E-state index contributed by atoms with van der Waals surface area (Å²) in [6, 6.07) is 23.8. The van der Waals surface area contributed by atoms with Gasteiger partial charge in [-0.15, -0.1) is 0 Å². The molecule has 0 fully saturated rings. The first-order valence-corrected chi connectivity index (χ1v) is 7.64.